The molecule has 3 heterocycles. The first-order chi connectivity index (χ1) is 13.3. The number of ether oxygens (including phenoxy) is 2. The van der Waals surface area contributed by atoms with Crippen LogP contribution in [0.25, 0.3) is 0 Å². The number of amides is 1. The number of aromatic nitrogens is 2. The molecule has 0 fully saturated rings. The molecule has 1 aliphatic heterocycles. The van der Waals surface area contributed by atoms with Crippen molar-refractivity contribution in [2.75, 3.05) is 12.1 Å². The van der Waals surface area contributed by atoms with Gasteiger partial charge in [-0.2, -0.15) is 0 Å². The summed E-state index contributed by atoms with van der Waals surface area (Å²) in [5, 5.41) is 6.14. The second-order valence-electron chi connectivity index (χ2n) is 6.01. The molecule has 4 rings (SSSR count). The minimum absolute atomic E-state index is 0.230. The smallest absolute Gasteiger partial charge is 0.270 e. The molecule has 1 aliphatic rings. The molecule has 2 N–H and O–H groups in total. The van der Waals surface area contributed by atoms with Gasteiger partial charge in [0.1, 0.15) is 5.69 Å². The topological polar surface area (TPSA) is 85.4 Å². The number of hydrogen-bond acceptors (Lipinski definition) is 6. The van der Waals surface area contributed by atoms with Gasteiger partial charge in [-0.05, 0) is 41.5 Å². The van der Waals surface area contributed by atoms with Crippen LogP contribution < -0.4 is 20.1 Å². The summed E-state index contributed by atoms with van der Waals surface area (Å²) in [6.45, 7) is 1.23. The van der Waals surface area contributed by atoms with E-state index in [2.05, 4.69) is 20.6 Å². The van der Waals surface area contributed by atoms with Crippen LogP contribution in [0, 0.1) is 0 Å². The Bertz CT molecular complexity index is 947. The van der Waals surface area contributed by atoms with Gasteiger partial charge < -0.3 is 20.1 Å². The summed E-state index contributed by atoms with van der Waals surface area (Å²) < 4.78 is 10.6. The number of nitrogens with one attached hydrogen (secondary N) is 2. The Hall–Kier alpha value is -3.61. The molecule has 2 aromatic heterocycles. The number of anilines is 1. The summed E-state index contributed by atoms with van der Waals surface area (Å²) in [4.78, 5) is 20.7. The van der Waals surface area contributed by atoms with Crippen LogP contribution in [-0.4, -0.2) is 22.7 Å². The highest BCUT2D eigenvalue weighted by molar-refractivity contribution is 5.93. The minimum Gasteiger partial charge on any atom is -0.454 e. The molecular formula is C20H18N4O3. The Kier molecular flexibility index (Phi) is 4.82. The van der Waals surface area contributed by atoms with Gasteiger partial charge in [0.25, 0.3) is 5.91 Å². The average Bonchev–Trinajstić information content (AvgIpc) is 3.19. The van der Waals surface area contributed by atoms with Gasteiger partial charge in [0, 0.05) is 37.4 Å². The van der Waals surface area contributed by atoms with E-state index in [0.29, 0.717) is 24.5 Å². The Morgan fingerprint density at radius 1 is 1.00 bits per heavy atom. The maximum absolute atomic E-state index is 12.4. The zero-order chi connectivity index (χ0) is 18.5. The van der Waals surface area contributed by atoms with E-state index >= 15 is 0 Å². The van der Waals surface area contributed by atoms with E-state index in [1.165, 1.54) is 0 Å². The molecule has 0 saturated heterocycles. The van der Waals surface area contributed by atoms with Gasteiger partial charge in [-0.1, -0.05) is 12.1 Å². The molecular weight excluding hydrogens is 344 g/mol. The van der Waals surface area contributed by atoms with Crippen LogP contribution in [0.3, 0.4) is 0 Å². The third-order valence-electron chi connectivity index (χ3n) is 4.10. The lowest BCUT2D eigenvalue weighted by Gasteiger charge is -2.09. The van der Waals surface area contributed by atoms with Crippen LogP contribution in [0.4, 0.5) is 5.69 Å². The predicted molar refractivity (Wildman–Crippen MR) is 99.5 cm³/mol. The molecule has 0 saturated carbocycles. The lowest BCUT2D eigenvalue weighted by atomic mass is 10.2. The number of fused-ring (bicyclic) bond motifs is 1. The van der Waals surface area contributed by atoms with Crippen molar-refractivity contribution < 1.29 is 14.3 Å². The molecule has 136 valence electrons. The summed E-state index contributed by atoms with van der Waals surface area (Å²) in [6, 6.07) is 13.0. The van der Waals surface area contributed by atoms with Crippen molar-refractivity contribution in [3.05, 3.63) is 77.9 Å². The third kappa shape index (κ3) is 4.14. The quantitative estimate of drug-likeness (QED) is 0.701. The molecule has 0 atom stereocenters. The number of nitrogens with zero attached hydrogens (tertiary/aromatic N) is 2. The van der Waals surface area contributed by atoms with Crippen molar-refractivity contribution in [1.82, 2.24) is 15.3 Å². The van der Waals surface area contributed by atoms with Crippen molar-refractivity contribution in [3.8, 4) is 11.5 Å². The number of rotatable bonds is 6. The number of carbonyl (C=O) groups is 1. The molecule has 7 heteroatoms. The Morgan fingerprint density at radius 2 is 1.93 bits per heavy atom. The van der Waals surface area contributed by atoms with Gasteiger partial charge in [-0.15, -0.1) is 0 Å². The summed E-state index contributed by atoms with van der Waals surface area (Å²) in [7, 11) is 0. The van der Waals surface area contributed by atoms with E-state index in [1.807, 2.05) is 36.4 Å². The van der Waals surface area contributed by atoms with Crippen LogP contribution >= 0.6 is 0 Å². The van der Waals surface area contributed by atoms with Crippen molar-refractivity contribution in [2.24, 2.45) is 0 Å². The molecule has 0 aliphatic carbocycles. The van der Waals surface area contributed by atoms with E-state index < -0.39 is 0 Å². The normalized spacial score (nSPS) is 11.9. The molecule has 3 aromatic rings. The zero-order valence-electron chi connectivity index (χ0n) is 14.5. The summed E-state index contributed by atoms with van der Waals surface area (Å²) in [5.74, 6) is 1.18. The van der Waals surface area contributed by atoms with E-state index in [0.717, 1.165) is 22.6 Å². The first-order valence-electron chi connectivity index (χ1n) is 8.53. The van der Waals surface area contributed by atoms with Crippen LogP contribution in [0.1, 0.15) is 21.6 Å². The highest BCUT2D eigenvalue weighted by Crippen LogP contribution is 2.32. The fourth-order valence-corrected chi connectivity index (χ4v) is 2.70. The molecule has 0 radical (unpaired) electrons. The molecule has 0 spiro atoms. The molecule has 27 heavy (non-hydrogen) atoms. The number of hydrogen-bond donors (Lipinski definition) is 2. The lowest BCUT2D eigenvalue weighted by Crippen LogP contribution is -2.23. The SMILES string of the molecule is O=C(NCc1ccc2c(c1)OCO2)c1cc(NCc2cccnc2)ccn1. The van der Waals surface area contributed by atoms with E-state index in [-0.39, 0.29) is 12.7 Å². The minimum atomic E-state index is -0.238. The van der Waals surface area contributed by atoms with Crippen LogP contribution in [-0.2, 0) is 13.1 Å². The number of benzene rings is 1. The first kappa shape index (κ1) is 16.8. The predicted octanol–water partition coefficient (Wildman–Crippen LogP) is 2.75. The van der Waals surface area contributed by atoms with Crippen molar-refractivity contribution in [1.29, 1.82) is 0 Å². The van der Waals surface area contributed by atoms with E-state index in [1.54, 1.807) is 24.7 Å². The third-order valence-corrected chi connectivity index (χ3v) is 4.10. The van der Waals surface area contributed by atoms with Crippen LogP contribution in [0.2, 0.25) is 0 Å². The number of carbonyl (C=O) groups excluding carboxylic acids is 1. The monoisotopic (exact) mass is 362 g/mol. The average molecular weight is 362 g/mol. The second-order valence-corrected chi connectivity index (χ2v) is 6.01. The molecule has 7 nitrogen and oxygen atoms in total. The van der Waals surface area contributed by atoms with Crippen molar-refractivity contribution in [3.63, 3.8) is 0 Å². The summed E-state index contributed by atoms with van der Waals surface area (Å²) >= 11 is 0. The number of pyridine rings is 2. The van der Waals surface area contributed by atoms with Gasteiger partial charge in [0.05, 0.1) is 0 Å². The standard InChI is InChI=1S/C20H18N4O3/c25-20(24-11-14-3-4-18-19(8-14)27-13-26-18)17-9-16(5-7-22-17)23-12-15-2-1-6-21-10-15/h1-10H,11-13H2,(H,22,23)(H,24,25). The molecule has 0 bridgehead atoms. The van der Waals surface area contributed by atoms with Crippen molar-refractivity contribution in [2.45, 2.75) is 13.1 Å². The summed E-state index contributed by atoms with van der Waals surface area (Å²) in [5.41, 5.74) is 3.16. The Morgan fingerprint density at radius 3 is 2.81 bits per heavy atom. The Balaban J connectivity index is 1.36. The van der Waals surface area contributed by atoms with E-state index in [4.69, 9.17) is 9.47 Å². The first-order valence-corrected chi connectivity index (χ1v) is 8.53. The lowest BCUT2D eigenvalue weighted by molar-refractivity contribution is 0.0946. The fourth-order valence-electron chi connectivity index (χ4n) is 2.70. The van der Waals surface area contributed by atoms with Gasteiger partial charge in [-0.25, -0.2) is 0 Å². The summed E-state index contributed by atoms with van der Waals surface area (Å²) in [6.07, 6.45) is 5.15. The highest BCUT2D eigenvalue weighted by atomic mass is 16.7. The zero-order valence-corrected chi connectivity index (χ0v) is 14.5. The molecule has 1 amide bonds. The van der Waals surface area contributed by atoms with Gasteiger partial charge >= 0.3 is 0 Å². The molecule has 0 unspecified atom stereocenters. The van der Waals surface area contributed by atoms with Crippen LogP contribution in [0.15, 0.2) is 61.1 Å². The second kappa shape index (κ2) is 7.74. The van der Waals surface area contributed by atoms with Crippen molar-refractivity contribution >= 4 is 11.6 Å². The maximum Gasteiger partial charge on any atom is 0.270 e. The Labute approximate surface area is 156 Å². The molecule has 1 aromatic carbocycles. The van der Waals surface area contributed by atoms with Gasteiger partial charge in [0.15, 0.2) is 11.5 Å². The van der Waals surface area contributed by atoms with Gasteiger partial charge in [0.2, 0.25) is 6.79 Å². The van der Waals surface area contributed by atoms with E-state index in [9.17, 15) is 4.79 Å². The van der Waals surface area contributed by atoms with Gasteiger partial charge in [-0.3, -0.25) is 14.8 Å². The highest BCUT2D eigenvalue weighted by Gasteiger charge is 2.14. The maximum atomic E-state index is 12.4. The largest absolute Gasteiger partial charge is 0.454 e. The fraction of sp³-hybridized carbons (Fsp3) is 0.150. The van der Waals surface area contributed by atoms with Crippen LogP contribution in [0.5, 0.6) is 11.5 Å².